The monoisotopic (exact) mass is 1510 g/mol. The molecule has 0 aliphatic heterocycles. The van der Waals surface area contributed by atoms with Crippen LogP contribution >= 0.6 is 15.6 Å². The normalized spacial score (nSPS) is 14.1. The van der Waals surface area contributed by atoms with Crippen molar-refractivity contribution in [1.82, 2.24) is 0 Å². The van der Waals surface area contributed by atoms with Crippen molar-refractivity contribution in [2.45, 2.75) is 470 Å². The van der Waals surface area contributed by atoms with Gasteiger partial charge in [-0.1, -0.05) is 401 Å². The van der Waals surface area contributed by atoms with Gasteiger partial charge in [0.1, 0.15) is 19.3 Å². The van der Waals surface area contributed by atoms with Crippen LogP contribution in [0.2, 0.25) is 0 Å². The van der Waals surface area contributed by atoms with E-state index in [0.29, 0.717) is 25.7 Å². The largest absolute Gasteiger partial charge is 0.472 e. The van der Waals surface area contributed by atoms with E-state index in [4.69, 9.17) is 37.0 Å². The fourth-order valence-electron chi connectivity index (χ4n) is 13.1. The molecule has 6 atom stereocenters. The number of ether oxygens (including phenoxy) is 4. The molecule has 0 bridgehead atoms. The summed E-state index contributed by atoms with van der Waals surface area (Å²) in [6, 6.07) is 0. The second-order valence-electron chi connectivity index (χ2n) is 30.5. The quantitative estimate of drug-likeness (QED) is 0.0222. The predicted octanol–water partition coefficient (Wildman–Crippen LogP) is 25.6. The Morgan fingerprint density at radius 3 is 0.689 bits per heavy atom. The molecule has 0 saturated carbocycles. The minimum atomic E-state index is -4.96. The van der Waals surface area contributed by atoms with Gasteiger partial charge in [0, 0.05) is 25.7 Å². The van der Waals surface area contributed by atoms with Crippen LogP contribution < -0.4 is 0 Å². The number of unbranched alkanes of at least 4 members (excludes halogenated alkanes) is 55. The Morgan fingerprint density at radius 2 is 0.466 bits per heavy atom. The van der Waals surface area contributed by atoms with Gasteiger partial charge in [-0.2, -0.15) is 0 Å². The fourth-order valence-corrected chi connectivity index (χ4v) is 14.7. The third-order valence-electron chi connectivity index (χ3n) is 20.1. The van der Waals surface area contributed by atoms with Crippen molar-refractivity contribution >= 4 is 39.5 Å². The van der Waals surface area contributed by atoms with Crippen molar-refractivity contribution in [2.75, 3.05) is 39.6 Å². The number of aliphatic hydroxyl groups excluding tert-OH is 1. The molecule has 0 aromatic rings. The van der Waals surface area contributed by atoms with Crippen molar-refractivity contribution in [3.8, 4) is 0 Å². The van der Waals surface area contributed by atoms with Crippen LogP contribution in [0.1, 0.15) is 452 Å². The molecule has 612 valence electrons. The smallest absolute Gasteiger partial charge is 0.462 e. The van der Waals surface area contributed by atoms with Crippen molar-refractivity contribution in [3.05, 3.63) is 0 Å². The van der Waals surface area contributed by atoms with Crippen LogP contribution in [-0.4, -0.2) is 96.7 Å². The van der Waals surface area contributed by atoms with Gasteiger partial charge in [-0.3, -0.25) is 37.3 Å². The highest BCUT2D eigenvalue weighted by molar-refractivity contribution is 7.47. The first kappa shape index (κ1) is 101. The zero-order valence-corrected chi connectivity index (χ0v) is 69.3. The van der Waals surface area contributed by atoms with Crippen molar-refractivity contribution in [3.63, 3.8) is 0 Å². The molecule has 103 heavy (non-hydrogen) atoms. The number of hydrogen-bond acceptors (Lipinski definition) is 15. The van der Waals surface area contributed by atoms with Gasteiger partial charge >= 0.3 is 39.5 Å². The number of rotatable bonds is 84. The second-order valence-corrected chi connectivity index (χ2v) is 33.4. The number of phosphoric ester groups is 2. The molecule has 0 aliphatic carbocycles. The van der Waals surface area contributed by atoms with E-state index in [1.54, 1.807) is 0 Å². The maximum atomic E-state index is 13.1. The third-order valence-corrected chi connectivity index (χ3v) is 22.0. The maximum absolute atomic E-state index is 13.1. The first-order chi connectivity index (χ1) is 50.1. The molecule has 0 aromatic heterocycles. The van der Waals surface area contributed by atoms with Crippen LogP contribution in [0, 0.1) is 5.92 Å². The molecule has 17 nitrogen and oxygen atoms in total. The highest BCUT2D eigenvalue weighted by Crippen LogP contribution is 2.45. The average molecular weight is 1510 g/mol. The summed E-state index contributed by atoms with van der Waals surface area (Å²) in [5.41, 5.74) is 0. The molecule has 0 rings (SSSR count). The van der Waals surface area contributed by atoms with E-state index in [1.165, 1.54) is 276 Å². The highest BCUT2D eigenvalue weighted by Gasteiger charge is 2.30. The minimum Gasteiger partial charge on any atom is -0.462 e. The summed E-state index contributed by atoms with van der Waals surface area (Å²) >= 11 is 0. The van der Waals surface area contributed by atoms with E-state index >= 15 is 0 Å². The van der Waals surface area contributed by atoms with Crippen LogP contribution in [0.15, 0.2) is 0 Å². The number of hydrogen-bond donors (Lipinski definition) is 3. The van der Waals surface area contributed by atoms with Crippen molar-refractivity contribution < 1.29 is 80.2 Å². The molecule has 0 aromatic carbocycles. The summed E-state index contributed by atoms with van der Waals surface area (Å²) in [5.74, 6) is -1.25. The topological polar surface area (TPSA) is 237 Å². The standard InChI is InChI=1S/C84H164O17P2/c1-6-10-13-16-19-22-24-26-28-30-31-32-33-34-36-42-46-50-55-60-65-70-84(89)101-80(74-95-82(87)68-63-58-53-48-44-40-38-37-39-43-47-51-56-61-66-77(5)9-4)76-99-103(92,93)97-72-78(85)71-96-102(90,91)98-75-79(73-94-81(86)67-62-57-52-21-18-15-12-8-3)100-83(88)69-64-59-54-49-45-41-35-29-27-25-23-20-17-14-11-7-2/h77-80,85H,6-76H2,1-5H3,(H,90,91)(H,92,93)/t77?,78-,79+,80+/m0/s1. The fraction of sp³-hybridized carbons (Fsp3) is 0.952. The van der Waals surface area contributed by atoms with Gasteiger partial charge in [0.05, 0.1) is 26.4 Å². The van der Waals surface area contributed by atoms with Crippen molar-refractivity contribution in [1.29, 1.82) is 0 Å². The van der Waals surface area contributed by atoms with E-state index in [2.05, 4.69) is 34.6 Å². The predicted molar refractivity (Wildman–Crippen MR) is 423 cm³/mol. The molecule has 0 heterocycles. The second kappa shape index (κ2) is 76.8. The lowest BCUT2D eigenvalue weighted by Crippen LogP contribution is -2.30. The number of esters is 4. The third kappa shape index (κ3) is 76.6. The summed E-state index contributed by atoms with van der Waals surface area (Å²) in [6.07, 6.45) is 69.5. The minimum absolute atomic E-state index is 0.109. The van der Waals surface area contributed by atoms with E-state index in [-0.39, 0.29) is 25.7 Å². The first-order valence-corrected chi connectivity index (χ1v) is 46.7. The zero-order valence-electron chi connectivity index (χ0n) is 67.5. The van der Waals surface area contributed by atoms with Gasteiger partial charge in [-0.25, -0.2) is 9.13 Å². The summed E-state index contributed by atoms with van der Waals surface area (Å²) in [4.78, 5) is 73.0. The van der Waals surface area contributed by atoms with Crippen LogP contribution in [0.25, 0.3) is 0 Å². The highest BCUT2D eigenvalue weighted by atomic mass is 31.2. The lowest BCUT2D eigenvalue weighted by molar-refractivity contribution is -0.161. The lowest BCUT2D eigenvalue weighted by Gasteiger charge is -2.21. The molecule has 0 spiro atoms. The van der Waals surface area contributed by atoms with E-state index in [9.17, 15) is 43.2 Å². The summed E-state index contributed by atoms with van der Waals surface area (Å²) in [5, 5.41) is 10.7. The number of phosphoric acid groups is 2. The first-order valence-electron chi connectivity index (χ1n) is 43.7. The van der Waals surface area contributed by atoms with Crippen LogP contribution in [0.5, 0.6) is 0 Å². The molecule has 0 amide bonds. The van der Waals surface area contributed by atoms with Crippen molar-refractivity contribution in [2.24, 2.45) is 5.92 Å². The molecule has 0 aliphatic rings. The summed E-state index contributed by atoms with van der Waals surface area (Å²) < 4.78 is 68.8. The Morgan fingerprint density at radius 1 is 0.272 bits per heavy atom. The Balaban J connectivity index is 5.19. The van der Waals surface area contributed by atoms with E-state index in [1.807, 2.05) is 0 Å². The number of aliphatic hydroxyl groups is 1. The molecule has 3 unspecified atom stereocenters. The van der Waals surface area contributed by atoms with Gasteiger partial charge in [-0.15, -0.1) is 0 Å². The Kier molecular flexibility index (Phi) is 75.4. The van der Waals surface area contributed by atoms with Gasteiger partial charge < -0.3 is 33.8 Å². The molecular formula is C84H164O17P2. The maximum Gasteiger partial charge on any atom is 0.472 e. The van der Waals surface area contributed by atoms with Crippen LogP contribution in [0.4, 0.5) is 0 Å². The molecule has 0 radical (unpaired) electrons. The van der Waals surface area contributed by atoms with E-state index in [0.717, 1.165) is 95.8 Å². The summed E-state index contributed by atoms with van der Waals surface area (Å²) in [7, 11) is -9.92. The average Bonchev–Trinajstić information content (AvgIpc) is 0.977. The Labute approximate surface area is 632 Å². The molecule has 0 saturated heterocycles. The number of carbonyl (C=O) groups excluding carboxylic acids is 4. The SMILES string of the molecule is CCCCCCCCCCCCCCCCCCCCCCCC(=O)O[C@H](COC(=O)CCCCCCCCCCCCCCCCC(C)CC)COP(=O)(O)OC[C@@H](O)COP(=O)(O)OC[C@@H](COC(=O)CCCCCCCCCC)OC(=O)CCCCCCCCCCCCCCCCCC. The van der Waals surface area contributed by atoms with Gasteiger partial charge in [0.15, 0.2) is 12.2 Å². The van der Waals surface area contributed by atoms with Gasteiger partial charge in [0.25, 0.3) is 0 Å². The van der Waals surface area contributed by atoms with Crippen LogP contribution in [-0.2, 0) is 65.4 Å². The van der Waals surface area contributed by atoms with Gasteiger partial charge in [-0.05, 0) is 31.6 Å². The summed E-state index contributed by atoms with van der Waals surface area (Å²) in [6.45, 7) is 7.38. The Hall–Kier alpha value is -1.94. The molecule has 3 N–H and O–H groups in total. The lowest BCUT2D eigenvalue weighted by atomic mass is 9.99. The molecule has 0 fully saturated rings. The zero-order chi connectivity index (χ0) is 75.5. The Bertz CT molecular complexity index is 1960. The molecular weight excluding hydrogens is 1340 g/mol. The molecule has 19 heteroatoms. The van der Waals surface area contributed by atoms with Gasteiger partial charge in [0.2, 0.25) is 0 Å². The number of carbonyl (C=O) groups is 4. The van der Waals surface area contributed by atoms with Crippen LogP contribution in [0.3, 0.4) is 0 Å². The van der Waals surface area contributed by atoms with E-state index < -0.39 is 97.5 Å².